The third kappa shape index (κ3) is 8.06. The van der Waals surface area contributed by atoms with E-state index in [1.165, 1.54) is 33.9 Å². The number of nitrogens with two attached hydrogens (primary N) is 1. The predicted molar refractivity (Wildman–Crippen MR) is 189 cm³/mol. The van der Waals surface area contributed by atoms with Gasteiger partial charge in [0, 0.05) is 74.7 Å². The standard InChI is InChI=1S/C37H39FN6O3S/c1-41-16-19-43(20-17-41)21-18-42(2)25-26-8-10-27(11-9-26)34-23-31-37(48-34)33(14-15-40-31)47-32-13-12-29(22-30(32)38)44(36(46)24-35(39)45)28-6-4-3-5-7-28/h3-15,22-23H,16-21,24-25H2,1-2H3,(H2,39,45). The van der Waals surface area contributed by atoms with E-state index in [-0.39, 0.29) is 11.4 Å². The lowest BCUT2D eigenvalue weighted by Crippen LogP contribution is -2.46. The highest BCUT2D eigenvalue weighted by atomic mass is 32.1. The highest BCUT2D eigenvalue weighted by Gasteiger charge is 2.22. The minimum atomic E-state index is -0.769. The molecule has 0 bridgehead atoms. The van der Waals surface area contributed by atoms with Crippen molar-refractivity contribution in [3.05, 3.63) is 103 Å². The fourth-order valence-corrected chi connectivity index (χ4v) is 6.83. The number of rotatable bonds is 12. The van der Waals surface area contributed by atoms with Crippen LogP contribution < -0.4 is 15.4 Å². The summed E-state index contributed by atoms with van der Waals surface area (Å²) in [6.07, 6.45) is 1.13. The number of halogens is 1. The van der Waals surface area contributed by atoms with Crippen LogP contribution in [-0.4, -0.2) is 84.9 Å². The third-order valence-electron chi connectivity index (χ3n) is 8.44. The fraction of sp³-hybridized carbons (Fsp3) is 0.270. The zero-order chi connectivity index (χ0) is 33.6. The third-order valence-corrected chi connectivity index (χ3v) is 9.63. The first-order valence-electron chi connectivity index (χ1n) is 15.9. The lowest BCUT2D eigenvalue weighted by Gasteiger charge is -2.33. The molecule has 9 nitrogen and oxygen atoms in total. The maximum Gasteiger partial charge on any atom is 0.240 e. The Morgan fingerprint density at radius 1 is 0.938 bits per heavy atom. The molecule has 3 aromatic carbocycles. The van der Waals surface area contributed by atoms with E-state index in [0.717, 1.165) is 66.5 Å². The van der Waals surface area contributed by atoms with E-state index in [1.54, 1.807) is 48.7 Å². The van der Waals surface area contributed by atoms with Gasteiger partial charge in [0.05, 0.1) is 15.9 Å². The maximum atomic E-state index is 15.5. The first-order valence-corrected chi connectivity index (χ1v) is 16.8. The van der Waals surface area contributed by atoms with Crippen molar-refractivity contribution in [2.24, 2.45) is 5.73 Å². The second-order valence-electron chi connectivity index (χ2n) is 12.1. The lowest BCUT2D eigenvalue weighted by molar-refractivity contribution is -0.125. The summed E-state index contributed by atoms with van der Waals surface area (Å²) in [5, 5.41) is 0. The second-order valence-corrected chi connectivity index (χ2v) is 13.2. The van der Waals surface area contributed by atoms with Crippen LogP contribution in [0.5, 0.6) is 11.5 Å². The summed E-state index contributed by atoms with van der Waals surface area (Å²) in [7, 11) is 4.35. The van der Waals surface area contributed by atoms with Gasteiger partial charge in [0.25, 0.3) is 0 Å². The number of hydrogen-bond donors (Lipinski definition) is 1. The zero-order valence-corrected chi connectivity index (χ0v) is 28.0. The number of amides is 2. The van der Waals surface area contributed by atoms with Gasteiger partial charge in [0.2, 0.25) is 11.8 Å². The molecule has 0 atom stereocenters. The van der Waals surface area contributed by atoms with Gasteiger partial charge in [-0.15, -0.1) is 11.3 Å². The number of piperazine rings is 1. The van der Waals surface area contributed by atoms with Gasteiger partial charge in [-0.25, -0.2) is 4.39 Å². The molecule has 3 heterocycles. The smallest absolute Gasteiger partial charge is 0.240 e. The molecule has 6 rings (SSSR count). The van der Waals surface area contributed by atoms with Gasteiger partial charge in [-0.3, -0.25) is 24.4 Å². The average Bonchev–Trinajstić information content (AvgIpc) is 3.52. The average molecular weight is 667 g/mol. The molecule has 1 fully saturated rings. The van der Waals surface area contributed by atoms with Crippen LogP contribution in [0.3, 0.4) is 0 Å². The van der Waals surface area contributed by atoms with E-state index in [4.69, 9.17) is 10.5 Å². The molecule has 11 heteroatoms. The van der Waals surface area contributed by atoms with Crippen LogP contribution in [0, 0.1) is 5.82 Å². The molecule has 1 aliphatic rings. The monoisotopic (exact) mass is 666 g/mol. The van der Waals surface area contributed by atoms with Gasteiger partial charge < -0.3 is 20.3 Å². The normalized spacial score (nSPS) is 14.0. The van der Waals surface area contributed by atoms with E-state index in [2.05, 4.69) is 58.0 Å². The summed E-state index contributed by atoms with van der Waals surface area (Å²) in [6.45, 7) is 7.52. The van der Waals surface area contributed by atoms with Gasteiger partial charge in [-0.2, -0.15) is 0 Å². The molecular weight excluding hydrogens is 628 g/mol. The number of carbonyl (C=O) groups is 2. The van der Waals surface area contributed by atoms with Crippen molar-refractivity contribution in [2.75, 3.05) is 58.3 Å². The summed E-state index contributed by atoms with van der Waals surface area (Å²) in [5.74, 6) is -1.52. The Morgan fingerprint density at radius 2 is 1.69 bits per heavy atom. The molecule has 5 aromatic rings. The Balaban J connectivity index is 1.15. The molecule has 48 heavy (non-hydrogen) atoms. The molecule has 2 amide bonds. The van der Waals surface area contributed by atoms with Crippen LogP contribution in [0.1, 0.15) is 12.0 Å². The molecule has 2 N–H and O–H groups in total. The predicted octanol–water partition coefficient (Wildman–Crippen LogP) is 6.11. The van der Waals surface area contributed by atoms with Crippen molar-refractivity contribution in [2.45, 2.75) is 13.0 Å². The molecular formula is C37H39FN6O3S. The number of anilines is 2. The Labute approximate surface area is 283 Å². The minimum absolute atomic E-state index is 0.00217. The summed E-state index contributed by atoms with van der Waals surface area (Å²) in [4.78, 5) is 38.5. The number of thiophene rings is 1. The molecule has 0 aliphatic carbocycles. The lowest BCUT2D eigenvalue weighted by atomic mass is 10.1. The van der Waals surface area contributed by atoms with E-state index >= 15 is 4.39 Å². The number of benzene rings is 3. The molecule has 0 spiro atoms. The van der Waals surface area contributed by atoms with E-state index in [9.17, 15) is 9.59 Å². The Bertz CT molecular complexity index is 1880. The number of aromatic nitrogens is 1. The van der Waals surface area contributed by atoms with Gasteiger partial charge in [0.15, 0.2) is 11.6 Å². The number of carbonyl (C=O) groups excluding carboxylic acids is 2. The fourth-order valence-electron chi connectivity index (χ4n) is 5.76. The molecule has 0 saturated carbocycles. The van der Waals surface area contributed by atoms with Crippen molar-refractivity contribution < 1.29 is 18.7 Å². The van der Waals surface area contributed by atoms with Crippen LogP contribution in [0.4, 0.5) is 15.8 Å². The Kier molecular flexibility index (Phi) is 10.4. The molecule has 0 unspecified atom stereocenters. The highest BCUT2D eigenvalue weighted by Crippen LogP contribution is 2.40. The summed E-state index contributed by atoms with van der Waals surface area (Å²) >= 11 is 1.53. The van der Waals surface area contributed by atoms with Crippen molar-refractivity contribution in [3.8, 4) is 21.9 Å². The van der Waals surface area contributed by atoms with Crippen molar-refractivity contribution in [1.82, 2.24) is 19.7 Å². The van der Waals surface area contributed by atoms with Gasteiger partial charge in [-0.1, -0.05) is 42.5 Å². The van der Waals surface area contributed by atoms with Crippen molar-refractivity contribution in [1.29, 1.82) is 0 Å². The number of pyridine rings is 1. The van der Waals surface area contributed by atoms with Crippen molar-refractivity contribution in [3.63, 3.8) is 0 Å². The SMILES string of the molecule is CN1CCN(CCN(C)Cc2ccc(-c3cc4nccc(Oc5ccc(N(C(=O)CC(N)=O)c6ccccc6)cc5F)c4s3)cc2)CC1. The quantitative estimate of drug-likeness (QED) is 0.161. The largest absolute Gasteiger partial charge is 0.453 e. The summed E-state index contributed by atoms with van der Waals surface area (Å²) in [6, 6.07) is 25.3. The van der Waals surface area contributed by atoms with Gasteiger partial charge in [0.1, 0.15) is 12.2 Å². The van der Waals surface area contributed by atoms with E-state index < -0.39 is 24.1 Å². The number of ether oxygens (including phenoxy) is 1. The summed E-state index contributed by atoms with van der Waals surface area (Å²) in [5.41, 5.74) is 9.10. The number of para-hydroxylation sites is 1. The van der Waals surface area contributed by atoms with E-state index in [0.29, 0.717) is 11.4 Å². The van der Waals surface area contributed by atoms with Crippen molar-refractivity contribution >= 4 is 44.7 Å². The van der Waals surface area contributed by atoms with Crippen LogP contribution in [0.25, 0.3) is 20.7 Å². The van der Waals surface area contributed by atoms with Crippen LogP contribution in [0.2, 0.25) is 0 Å². The number of hydrogen-bond acceptors (Lipinski definition) is 8. The van der Waals surface area contributed by atoms with Gasteiger partial charge >= 0.3 is 0 Å². The molecule has 2 aromatic heterocycles. The van der Waals surface area contributed by atoms with Crippen LogP contribution >= 0.6 is 11.3 Å². The number of nitrogens with zero attached hydrogens (tertiary/aromatic N) is 5. The molecule has 0 radical (unpaired) electrons. The Morgan fingerprint density at radius 3 is 2.40 bits per heavy atom. The molecule has 248 valence electrons. The topological polar surface area (TPSA) is 95.2 Å². The number of primary amides is 1. The minimum Gasteiger partial charge on any atom is -0.453 e. The maximum absolute atomic E-state index is 15.5. The first kappa shape index (κ1) is 33.2. The number of fused-ring (bicyclic) bond motifs is 1. The van der Waals surface area contributed by atoms with Crippen LogP contribution in [-0.2, 0) is 16.1 Å². The van der Waals surface area contributed by atoms with Crippen LogP contribution in [0.15, 0.2) is 91.1 Å². The highest BCUT2D eigenvalue weighted by molar-refractivity contribution is 7.22. The zero-order valence-electron chi connectivity index (χ0n) is 27.1. The van der Waals surface area contributed by atoms with Gasteiger partial charge in [-0.05, 0) is 55.6 Å². The number of likely N-dealkylation sites (N-methyl/N-ethyl adjacent to an activating group) is 2. The first-order chi connectivity index (χ1) is 23.2. The molecule has 1 aliphatic heterocycles. The second kappa shape index (κ2) is 15.0. The summed E-state index contributed by atoms with van der Waals surface area (Å²) < 4.78 is 22.4. The molecule has 1 saturated heterocycles. The Hall–Kier alpha value is -4.68. The van der Waals surface area contributed by atoms with E-state index in [1.807, 2.05) is 6.07 Å².